The number of hydrogen-bond donors (Lipinski definition) is 0. The standard InChI is InChI=1S/C17H24FNO/c1-4-17(5-2,19-10-6-7-11-19)16(20)14-12-13(3)8-9-15(14)18/h8-9,12H,4-7,10-11H2,1-3H3. The Hall–Kier alpha value is -1.22. The smallest absolute Gasteiger partial charge is 0.185 e. The van der Waals surface area contributed by atoms with Gasteiger partial charge in [-0.1, -0.05) is 25.5 Å². The van der Waals surface area contributed by atoms with Gasteiger partial charge in [-0.05, 0) is 57.8 Å². The first-order chi connectivity index (χ1) is 9.55. The minimum absolute atomic E-state index is 0.0504. The van der Waals surface area contributed by atoms with Crippen molar-refractivity contribution in [1.29, 1.82) is 0 Å². The number of halogens is 1. The van der Waals surface area contributed by atoms with E-state index in [1.807, 2.05) is 20.8 Å². The molecule has 0 bridgehead atoms. The molecule has 3 heteroatoms. The predicted molar refractivity (Wildman–Crippen MR) is 79.6 cm³/mol. The van der Waals surface area contributed by atoms with Crippen LogP contribution in [0, 0.1) is 12.7 Å². The molecule has 0 aliphatic carbocycles. The highest BCUT2D eigenvalue weighted by atomic mass is 19.1. The molecule has 0 aromatic heterocycles. The van der Waals surface area contributed by atoms with Gasteiger partial charge < -0.3 is 0 Å². The number of aryl methyl sites for hydroxylation is 1. The van der Waals surface area contributed by atoms with Crippen LogP contribution in [-0.2, 0) is 0 Å². The minimum atomic E-state index is -0.537. The van der Waals surface area contributed by atoms with Crippen molar-refractivity contribution in [2.75, 3.05) is 13.1 Å². The molecule has 0 unspecified atom stereocenters. The lowest BCUT2D eigenvalue weighted by molar-refractivity contribution is 0.0577. The van der Waals surface area contributed by atoms with Crippen LogP contribution in [0.15, 0.2) is 18.2 Å². The Kier molecular flexibility index (Phi) is 4.59. The number of hydrogen-bond acceptors (Lipinski definition) is 2. The zero-order valence-corrected chi connectivity index (χ0v) is 12.7. The molecule has 1 fully saturated rings. The molecular formula is C17H24FNO. The monoisotopic (exact) mass is 277 g/mol. The first-order valence-electron chi connectivity index (χ1n) is 7.61. The fraction of sp³-hybridized carbons (Fsp3) is 0.588. The van der Waals surface area contributed by atoms with Crippen LogP contribution in [0.1, 0.15) is 55.5 Å². The van der Waals surface area contributed by atoms with Gasteiger partial charge in [0, 0.05) is 0 Å². The van der Waals surface area contributed by atoms with E-state index in [0.29, 0.717) is 0 Å². The second kappa shape index (κ2) is 6.04. The molecule has 0 radical (unpaired) electrons. The third-order valence-electron chi connectivity index (χ3n) is 4.67. The van der Waals surface area contributed by atoms with Crippen molar-refractivity contribution in [1.82, 2.24) is 4.90 Å². The van der Waals surface area contributed by atoms with Gasteiger partial charge in [-0.15, -0.1) is 0 Å². The first-order valence-corrected chi connectivity index (χ1v) is 7.61. The number of Topliss-reactive ketones (excluding diaryl/α,β-unsaturated/α-hetero) is 1. The van der Waals surface area contributed by atoms with E-state index in [4.69, 9.17) is 0 Å². The molecule has 0 N–H and O–H groups in total. The van der Waals surface area contributed by atoms with Crippen LogP contribution in [-0.4, -0.2) is 29.3 Å². The Balaban J connectivity index is 2.43. The molecule has 0 atom stereocenters. The molecule has 20 heavy (non-hydrogen) atoms. The van der Waals surface area contributed by atoms with Crippen molar-refractivity contribution < 1.29 is 9.18 Å². The van der Waals surface area contributed by atoms with Gasteiger partial charge in [0.2, 0.25) is 0 Å². The summed E-state index contributed by atoms with van der Waals surface area (Å²) in [5.74, 6) is -0.448. The molecule has 110 valence electrons. The van der Waals surface area contributed by atoms with E-state index < -0.39 is 11.4 Å². The van der Waals surface area contributed by atoms with Crippen LogP contribution < -0.4 is 0 Å². The van der Waals surface area contributed by atoms with Gasteiger partial charge >= 0.3 is 0 Å². The first kappa shape index (κ1) is 15.2. The lowest BCUT2D eigenvalue weighted by atomic mass is 9.82. The maximum atomic E-state index is 14.1. The third-order valence-corrected chi connectivity index (χ3v) is 4.67. The topological polar surface area (TPSA) is 20.3 Å². The zero-order valence-electron chi connectivity index (χ0n) is 12.7. The lowest BCUT2D eigenvalue weighted by Gasteiger charge is -2.39. The summed E-state index contributed by atoms with van der Waals surface area (Å²) in [4.78, 5) is 15.3. The van der Waals surface area contributed by atoms with Crippen LogP contribution in [0.5, 0.6) is 0 Å². The van der Waals surface area contributed by atoms with Crippen LogP contribution in [0.2, 0.25) is 0 Å². The lowest BCUT2D eigenvalue weighted by Crippen LogP contribution is -2.53. The molecule has 1 aromatic rings. The average Bonchev–Trinajstić information content (AvgIpc) is 2.98. The molecule has 1 aliphatic rings. The van der Waals surface area contributed by atoms with Crippen LogP contribution in [0.3, 0.4) is 0 Å². The van der Waals surface area contributed by atoms with Gasteiger partial charge in [0.15, 0.2) is 5.78 Å². The van der Waals surface area contributed by atoms with Gasteiger partial charge in [0.1, 0.15) is 5.82 Å². The minimum Gasteiger partial charge on any atom is -0.292 e. The van der Waals surface area contributed by atoms with E-state index in [-0.39, 0.29) is 11.3 Å². The van der Waals surface area contributed by atoms with E-state index in [1.165, 1.54) is 6.07 Å². The average molecular weight is 277 g/mol. The van der Waals surface area contributed by atoms with Crippen molar-refractivity contribution >= 4 is 5.78 Å². The van der Waals surface area contributed by atoms with Gasteiger partial charge in [-0.2, -0.15) is 0 Å². The summed E-state index contributed by atoms with van der Waals surface area (Å²) in [7, 11) is 0. The largest absolute Gasteiger partial charge is 0.292 e. The van der Waals surface area contributed by atoms with Crippen molar-refractivity contribution in [3.05, 3.63) is 35.1 Å². The Bertz CT molecular complexity index is 488. The summed E-state index contributed by atoms with van der Waals surface area (Å²) in [5.41, 5.74) is 0.642. The van der Waals surface area contributed by atoms with Crippen LogP contribution in [0.4, 0.5) is 4.39 Å². The van der Waals surface area contributed by atoms with Crippen molar-refractivity contribution in [2.45, 2.75) is 52.0 Å². The molecule has 0 amide bonds. The van der Waals surface area contributed by atoms with Crippen molar-refractivity contribution in [3.63, 3.8) is 0 Å². The second-order valence-corrected chi connectivity index (χ2v) is 5.75. The molecule has 1 heterocycles. The Morgan fingerprint density at radius 3 is 2.40 bits per heavy atom. The van der Waals surface area contributed by atoms with Crippen LogP contribution in [0.25, 0.3) is 0 Å². The summed E-state index contributed by atoms with van der Waals surface area (Å²) in [5, 5.41) is 0. The van der Waals surface area contributed by atoms with Gasteiger partial charge in [0.25, 0.3) is 0 Å². The number of benzene rings is 1. The van der Waals surface area contributed by atoms with Crippen LogP contribution >= 0.6 is 0 Å². The van der Waals surface area contributed by atoms with Gasteiger partial charge in [-0.25, -0.2) is 4.39 Å². The van der Waals surface area contributed by atoms with E-state index in [0.717, 1.165) is 44.3 Å². The Morgan fingerprint density at radius 1 is 1.25 bits per heavy atom. The molecule has 1 aromatic carbocycles. The maximum absolute atomic E-state index is 14.1. The predicted octanol–water partition coefficient (Wildman–Crippen LogP) is 3.97. The quantitative estimate of drug-likeness (QED) is 0.759. The molecule has 1 saturated heterocycles. The summed E-state index contributed by atoms with van der Waals surface area (Å²) in [6.07, 6.45) is 3.72. The highest BCUT2D eigenvalue weighted by Crippen LogP contribution is 2.32. The molecule has 2 rings (SSSR count). The summed E-state index contributed by atoms with van der Waals surface area (Å²) < 4.78 is 14.1. The Morgan fingerprint density at radius 2 is 1.85 bits per heavy atom. The van der Waals surface area contributed by atoms with Crippen molar-refractivity contribution in [3.8, 4) is 0 Å². The summed E-state index contributed by atoms with van der Waals surface area (Å²) in [6.45, 7) is 7.86. The molecule has 0 spiro atoms. The number of likely N-dealkylation sites (tertiary alicyclic amines) is 1. The summed E-state index contributed by atoms with van der Waals surface area (Å²) >= 11 is 0. The zero-order chi connectivity index (χ0) is 14.8. The number of carbonyl (C=O) groups is 1. The normalized spacial score (nSPS) is 16.6. The summed E-state index contributed by atoms with van der Waals surface area (Å²) in [6, 6.07) is 4.80. The maximum Gasteiger partial charge on any atom is 0.185 e. The molecule has 0 saturated carbocycles. The number of carbonyl (C=O) groups excluding carboxylic acids is 1. The highest BCUT2D eigenvalue weighted by Gasteiger charge is 2.42. The van der Waals surface area contributed by atoms with E-state index >= 15 is 0 Å². The van der Waals surface area contributed by atoms with E-state index in [2.05, 4.69) is 4.90 Å². The fourth-order valence-electron chi connectivity index (χ4n) is 3.37. The second-order valence-electron chi connectivity index (χ2n) is 5.75. The van der Waals surface area contributed by atoms with Gasteiger partial charge in [-0.3, -0.25) is 9.69 Å². The number of ketones is 1. The molecular weight excluding hydrogens is 253 g/mol. The van der Waals surface area contributed by atoms with E-state index in [9.17, 15) is 9.18 Å². The SMILES string of the molecule is CCC(CC)(C(=O)c1cc(C)ccc1F)N1CCCC1. The third kappa shape index (κ3) is 2.51. The number of rotatable bonds is 5. The molecule has 1 aliphatic heterocycles. The fourth-order valence-corrected chi connectivity index (χ4v) is 3.37. The number of nitrogens with zero attached hydrogens (tertiary/aromatic N) is 1. The van der Waals surface area contributed by atoms with Crippen molar-refractivity contribution in [2.24, 2.45) is 0 Å². The van der Waals surface area contributed by atoms with Gasteiger partial charge in [0.05, 0.1) is 11.1 Å². The Labute approximate surface area is 121 Å². The van der Waals surface area contributed by atoms with E-state index in [1.54, 1.807) is 12.1 Å². The molecule has 2 nitrogen and oxygen atoms in total. The highest BCUT2D eigenvalue weighted by molar-refractivity contribution is 6.03.